The van der Waals surface area contributed by atoms with Gasteiger partial charge in [0.1, 0.15) is 5.75 Å². The van der Waals surface area contributed by atoms with Crippen molar-refractivity contribution in [3.05, 3.63) is 29.8 Å². The number of halogens is 1. The zero-order valence-corrected chi connectivity index (χ0v) is 13.8. The number of rotatable bonds is 6. The summed E-state index contributed by atoms with van der Waals surface area (Å²) in [5, 5.41) is 0. The average Bonchev–Trinajstić information content (AvgIpc) is 2.45. The Morgan fingerprint density at radius 3 is 2.38 bits per heavy atom. The second-order valence-corrected chi connectivity index (χ2v) is 8.36. The molecule has 6 heteroatoms. The normalized spacial score (nSPS) is 18.4. The quantitative estimate of drug-likeness (QED) is 0.751. The standard InChI is InChI=1S/C15H21ClO4S/c1-2-13-3-5-14(6-4-13)20-11-15(12-21(16,17)18)7-9-19-10-8-15/h3-6H,2,7-12H2,1H3. The van der Waals surface area contributed by atoms with Crippen LogP contribution in [0.1, 0.15) is 25.3 Å². The average molecular weight is 333 g/mol. The fraction of sp³-hybridized carbons (Fsp3) is 0.600. The summed E-state index contributed by atoms with van der Waals surface area (Å²) in [4.78, 5) is 0. The molecule has 0 bridgehead atoms. The molecule has 21 heavy (non-hydrogen) atoms. The molecule has 1 heterocycles. The molecule has 118 valence electrons. The lowest BCUT2D eigenvalue weighted by Gasteiger charge is -2.35. The highest BCUT2D eigenvalue weighted by molar-refractivity contribution is 8.13. The summed E-state index contributed by atoms with van der Waals surface area (Å²) in [7, 11) is 1.89. The van der Waals surface area contributed by atoms with Crippen LogP contribution in [0.5, 0.6) is 5.75 Å². The molecular formula is C15H21ClO4S. The summed E-state index contributed by atoms with van der Waals surface area (Å²) < 4.78 is 34.1. The molecular weight excluding hydrogens is 312 g/mol. The fourth-order valence-electron chi connectivity index (χ4n) is 2.56. The van der Waals surface area contributed by atoms with Crippen molar-refractivity contribution in [2.75, 3.05) is 25.6 Å². The molecule has 0 aromatic heterocycles. The molecule has 0 radical (unpaired) electrons. The number of aryl methyl sites for hydroxylation is 1. The Bertz CT molecular complexity index is 548. The highest BCUT2D eigenvalue weighted by Gasteiger charge is 2.37. The fourth-order valence-corrected chi connectivity index (χ4v) is 4.36. The van der Waals surface area contributed by atoms with E-state index in [9.17, 15) is 8.42 Å². The van der Waals surface area contributed by atoms with Crippen LogP contribution < -0.4 is 4.74 Å². The summed E-state index contributed by atoms with van der Waals surface area (Å²) in [6.45, 7) is 3.53. The van der Waals surface area contributed by atoms with Crippen molar-refractivity contribution in [3.8, 4) is 5.75 Å². The smallest absolute Gasteiger partial charge is 0.233 e. The van der Waals surface area contributed by atoms with Crippen LogP contribution in [0.25, 0.3) is 0 Å². The van der Waals surface area contributed by atoms with E-state index >= 15 is 0 Å². The van der Waals surface area contributed by atoms with Crippen molar-refractivity contribution < 1.29 is 17.9 Å². The van der Waals surface area contributed by atoms with Crippen molar-refractivity contribution in [3.63, 3.8) is 0 Å². The van der Waals surface area contributed by atoms with E-state index in [0.29, 0.717) is 32.7 Å². The molecule has 0 N–H and O–H groups in total. The summed E-state index contributed by atoms with van der Waals surface area (Å²) in [6, 6.07) is 7.87. The first-order valence-corrected chi connectivity index (χ1v) is 9.62. The van der Waals surface area contributed by atoms with E-state index in [1.807, 2.05) is 24.3 Å². The van der Waals surface area contributed by atoms with Crippen molar-refractivity contribution in [1.82, 2.24) is 0 Å². The van der Waals surface area contributed by atoms with Crippen LogP contribution in [0.15, 0.2) is 24.3 Å². The van der Waals surface area contributed by atoms with Gasteiger partial charge in [-0.25, -0.2) is 8.42 Å². The van der Waals surface area contributed by atoms with E-state index < -0.39 is 14.5 Å². The third kappa shape index (κ3) is 5.16. The first-order valence-electron chi connectivity index (χ1n) is 7.14. The van der Waals surface area contributed by atoms with Gasteiger partial charge in [-0.2, -0.15) is 0 Å². The first kappa shape index (κ1) is 16.6. The lowest BCUT2D eigenvalue weighted by atomic mass is 9.83. The van der Waals surface area contributed by atoms with Gasteiger partial charge in [-0.1, -0.05) is 19.1 Å². The minimum Gasteiger partial charge on any atom is -0.493 e. The lowest BCUT2D eigenvalue weighted by Crippen LogP contribution is -2.40. The van der Waals surface area contributed by atoms with Gasteiger partial charge in [0.25, 0.3) is 0 Å². The van der Waals surface area contributed by atoms with Crippen molar-refractivity contribution in [2.45, 2.75) is 26.2 Å². The van der Waals surface area contributed by atoms with E-state index in [1.54, 1.807) is 0 Å². The number of hydrogen-bond acceptors (Lipinski definition) is 4. The third-order valence-corrected chi connectivity index (χ3v) is 5.19. The van der Waals surface area contributed by atoms with Gasteiger partial charge in [0.15, 0.2) is 0 Å². The molecule has 0 atom stereocenters. The third-order valence-electron chi connectivity index (χ3n) is 3.91. The molecule has 1 aliphatic heterocycles. The predicted octanol–water partition coefficient (Wildman–Crippen LogP) is 2.99. The lowest BCUT2D eigenvalue weighted by molar-refractivity contribution is 0.00228. The molecule has 0 spiro atoms. The molecule has 0 saturated carbocycles. The van der Waals surface area contributed by atoms with E-state index in [0.717, 1.165) is 12.2 Å². The Morgan fingerprint density at radius 2 is 1.86 bits per heavy atom. The van der Waals surface area contributed by atoms with Crippen LogP contribution in [0, 0.1) is 5.41 Å². The summed E-state index contributed by atoms with van der Waals surface area (Å²) in [6.07, 6.45) is 2.27. The van der Waals surface area contributed by atoms with Crippen LogP contribution in [0.2, 0.25) is 0 Å². The van der Waals surface area contributed by atoms with Crippen molar-refractivity contribution in [2.24, 2.45) is 5.41 Å². The summed E-state index contributed by atoms with van der Waals surface area (Å²) in [5.41, 5.74) is 0.786. The molecule has 0 amide bonds. The maximum Gasteiger partial charge on any atom is 0.233 e. The van der Waals surface area contributed by atoms with Crippen molar-refractivity contribution in [1.29, 1.82) is 0 Å². The van der Waals surface area contributed by atoms with Crippen LogP contribution in [-0.4, -0.2) is 34.0 Å². The van der Waals surface area contributed by atoms with Gasteiger partial charge in [-0.05, 0) is 37.0 Å². The molecule has 1 aromatic carbocycles. The largest absolute Gasteiger partial charge is 0.493 e. The number of benzene rings is 1. The van der Waals surface area contributed by atoms with Gasteiger partial charge in [-0.15, -0.1) is 0 Å². The van der Waals surface area contributed by atoms with Crippen LogP contribution in [-0.2, 0) is 20.2 Å². The van der Waals surface area contributed by atoms with Crippen LogP contribution in [0.3, 0.4) is 0 Å². The van der Waals surface area contributed by atoms with E-state index in [4.69, 9.17) is 20.2 Å². The van der Waals surface area contributed by atoms with Gasteiger partial charge >= 0.3 is 0 Å². The van der Waals surface area contributed by atoms with E-state index in [1.165, 1.54) is 5.56 Å². The molecule has 1 fully saturated rings. The minimum absolute atomic E-state index is 0.0715. The maximum absolute atomic E-state index is 11.5. The maximum atomic E-state index is 11.5. The second-order valence-electron chi connectivity index (χ2n) is 5.58. The SMILES string of the molecule is CCc1ccc(OCC2(CS(=O)(=O)Cl)CCOCC2)cc1. The Balaban J connectivity index is 2.04. The van der Waals surface area contributed by atoms with Crippen LogP contribution >= 0.6 is 10.7 Å². The summed E-state index contributed by atoms with van der Waals surface area (Å²) >= 11 is 0. The van der Waals surface area contributed by atoms with Gasteiger partial charge in [0.2, 0.25) is 9.05 Å². The van der Waals surface area contributed by atoms with E-state index in [-0.39, 0.29) is 5.75 Å². The van der Waals surface area contributed by atoms with E-state index in [2.05, 4.69) is 6.92 Å². The molecule has 1 aromatic rings. The van der Waals surface area contributed by atoms with Gasteiger partial charge < -0.3 is 9.47 Å². The minimum atomic E-state index is -3.56. The van der Waals surface area contributed by atoms with Crippen molar-refractivity contribution >= 4 is 19.7 Å². The predicted molar refractivity (Wildman–Crippen MR) is 83.4 cm³/mol. The molecule has 2 rings (SSSR count). The Kier molecular flexibility index (Phi) is 5.52. The van der Waals surface area contributed by atoms with Gasteiger partial charge in [0, 0.05) is 29.3 Å². The highest BCUT2D eigenvalue weighted by Crippen LogP contribution is 2.34. The zero-order valence-electron chi connectivity index (χ0n) is 12.2. The molecule has 0 unspecified atom stereocenters. The second kappa shape index (κ2) is 6.99. The number of hydrogen-bond donors (Lipinski definition) is 0. The van der Waals surface area contributed by atoms with Gasteiger partial charge in [-0.3, -0.25) is 0 Å². The Morgan fingerprint density at radius 1 is 1.24 bits per heavy atom. The topological polar surface area (TPSA) is 52.6 Å². The van der Waals surface area contributed by atoms with Crippen LogP contribution in [0.4, 0.5) is 0 Å². The molecule has 0 aliphatic carbocycles. The zero-order chi connectivity index (χ0) is 15.3. The molecule has 1 saturated heterocycles. The summed E-state index contributed by atoms with van der Waals surface area (Å²) in [5.74, 6) is 0.683. The number of ether oxygens (including phenoxy) is 2. The molecule has 1 aliphatic rings. The molecule has 4 nitrogen and oxygen atoms in total. The highest BCUT2D eigenvalue weighted by atomic mass is 35.7. The Labute approximate surface area is 130 Å². The first-order chi connectivity index (χ1) is 9.92. The monoisotopic (exact) mass is 332 g/mol. The Hall–Kier alpha value is -0.780. The van der Waals surface area contributed by atoms with Gasteiger partial charge in [0.05, 0.1) is 12.4 Å².